The molecule has 1 atom stereocenters. The Kier molecular flexibility index (Phi) is 9.67. The summed E-state index contributed by atoms with van der Waals surface area (Å²) in [6.07, 6.45) is 1.64. The van der Waals surface area contributed by atoms with Crippen molar-refractivity contribution in [1.29, 1.82) is 0 Å². The lowest BCUT2D eigenvalue weighted by Crippen LogP contribution is -2.46. The monoisotopic (exact) mass is 551 g/mol. The van der Waals surface area contributed by atoms with E-state index in [2.05, 4.69) is 5.32 Å². The highest BCUT2D eigenvalue weighted by molar-refractivity contribution is 8.15. The zero-order valence-electron chi connectivity index (χ0n) is 21.4. The van der Waals surface area contributed by atoms with Gasteiger partial charge in [-0.2, -0.15) is 0 Å². The number of nitrogens with zero attached hydrogens (tertiary/aromatic N) is 2. The first-order valence-corrected chi connectivity index (χ1v) is 13.7. The molecule has 7 nitrogen and oxygen atoms in total. The maximum Gasteiger partial charge on any atom is 0.238 e. The van der Waals surface area contributed by atoms with Crippen molar-refractivity contribution in [3.63, 3.8) is 0 Å². The summed E-state index contributed by atoms with van der Waals surface area (Å²) in [5.74, 6) is 1.13. The molecule has 1 N–H and O–H groups in total. The molecule has 2 amide bonds. The van der Waals surface area contributed by atoms with Crippen molar-refractivity contribution in [3.05, 3.63) is 83.4 Å². The van der Waals surface area contributed by atoms with Gasteiger partial charge in [0.15, 0.2) is 5.17 Å². The molecule has 0 spiro atoms. The van der Waals surface area contributed by atoms with Crippen LogP contribution < -0.4 is 14.8 Å². The largest absolute Gasteiger partial charge is 0.497 e. The van der Waals surface area contributed by atoms with E-state index in [1.165, 1.54) is 11.8 Å². The molecule has 1 heterocycles. The second-order valence-electron chi connectivity index (χ2n) is 8.69. The fourth-order valence-electron chi connectivity index (χ4n) is 3.80. The minimum Gasteiger partial charge on any atom is -0.497 e. The molecule has 0 bridgehead atoms. The number of amides is 2. The first kappa shape index (κ1) is 27.5. The summed E-state index contributed by atoms with van der Waals surface area (Å²) in [5, 5.41) is 3.40. The van der Waals surface area contributed by atoms with E-state index in [4.69, 9.17) is 26.1 Å². The van der Waals surface area contributed by atoms with Crippen molar-refractivity contribution in [2.75, 3.05) is 25.6 Å². The molecular weight excluding hydrogens is 522 g/mol. The van der Waals surface area contributed by atoms with Crippen LogP contribution in [-0.2, 0) is 16.0 Å². The number of carbonyl (C=O) groups is 2. The van der Waals surface area contributed by atoms with E-state index in [-0.39, 0.29) is 18.2 Å². The van der Waals surface area contributed by atoms with Crippen LogP contribution in [0.25, 0.3) is 0 Å². The zero-order valence-corrected chi connectivity index (χ0v) is 22.9. The van der Waals surface area contributed by atoms with Gasteiger partial charge in [-0.25, -0.2) is 4.99 Å². The number of hydrogen-bond donors (Lipinski definition) is 1. The van der Waals surface area contributed by atoms with Gasteiger partial charge in [0, 0.05) is 23.7 Å². The summed E-state index contributed by atoms with van der Waals surface area (Å²) in [7, 11) is 1.63. The van der Waals surface area contributed by atoms with Gasteiger partial charge in [-0.3, -0.25) is 14.5 Å². The van der Waals surface area contributed by atoms with Crippen LogP contribution in [0.4, 0.5) is 11.4 Å². The number of amidine groups is 1. The minimum atomic E-state index is -0.609. The van der Waals surface area contributed by atoms with Crippen LogP contribution in [0.15, 0.2) is 77.8 Å². The van der Waals surface area contributed by atoms with E-state index in [0.29, 0.717) is 41.1 Å². The van der Waals surface area contributed by atoms with Gasteiger partial charge in [-0.05, 0) is 79.1 Å². The topological polar surface area (TPSA) is 80.2 Å². The molecule has 4 rings (SSSR count). The van der Waals surface area contributed by atoms with Crippen LogP contribution in [0.5, 0.6) is 11.5 Å². The highest BCUT2D eigenvalue weighted by Crippen LogP contribution is 2.31. The second-order valence-corrected chi connectivity index (χ2v) is 10.3. The van der Waals surface area contributed by atoms with E-state index < -0.39 is 5.25 Å². The number of halogens is 1. The molecule has 1 aliphatic heterocycles. The zero-order chi connectivity index (χ0) is 26.9. The molecule has 0 aromatic heterocycles. The number of hydrogen-bond acceptors (Lipinski definition) is 6. The van der Waals surface area contributed by atoms with E-state index in [0.717, 1.165) is 23.5 Å². The van der Waals surface area contributed by atoms with Gasteiger partial charge in [-0.1, -0.05) is 42.4 Å². The molecule has 0 aliphatic carbocycles. The second kappa shape index (κ2) is 13.3. The number of rotatable bonds is 10. The minimum absolute atomic E-state index is 0.0798. The first-order valence-electron chi connectivity index (χ1n) is 12.4. The smallest absolute Gasteiger partial charge is 0.238 e. The molecule has 198 valence electrons. The van der Waals surface area contributed by atoms with Gasteiger partial charge < -0.3 is 14.8 Å². The number of aliphatic imine (C=N–C) groups is 1. The highest BCUT2D eigenvalue weighted by Gasteiger charge is 2.35. The van der Waals surface area contributed by atoms with Crippen molar-refractivity contribution < 1.29 is 19.1 Å². The molecule has 0 radical (unpaired) electrons. The third-order valence-electron chi connectivity index (χ3n) is 5.86. The molecule has 3 aromatic rings. The van der Waals surface area contributed by atoms with Gasteiger partial charge >= 0.3 is 0 Å². The Hall–Kier alpha value is -3.49. The summed E-state index contributed by atoms with van der Waals surface area (Å²) in [6.45, 7) is 3.12. The fourth-order valence-corrected chi connectivity index (χ4v) is 5.05. The average molecular weight is 552 g/mol. The van der Waals surface area contributed by atoms with Crippen LogP contribution in [-0.4, -0.2) is 47.4 Å². The fraction of sp³-hybridized carbons (Fsp3) is 0.276. The Bertz CT molecular complexity index is 1260. The third kappa shape index (κ3) is 7.52. The van der Waals surface area contributed by atoms with Gasteiger partial charge in [0.2, 0.25) is 11.8 Å². The normalized spacial score (nSPS) is 16.4. The van der Waals surface area contributed by atoms with E-state index in [1.807, 2.05) is 43.3 Å². The van der Waals surface area contributed by atoms with E-state index in [9.17, 15) is 9.59 Å². The van der Waals surface area contributed by atoms with Crippen LogP contribution in [0.3, 0.4) is 0 Å². The maximum atomic E-state index is 13.3. The van der Waals surface area contributed by atoms with Crippen molar-refractivity contribution in [2.24, 2.45) is 4.99 Å². The number of ether oxygens (including phenoxy) is 2. The standard InChI is InChI=1S/C29H30ClN3O4S/c1-3-18-37-25-14-10-22(11-15-25)31-28(35)26-19-27(34)33(17-16-20-4-12-24(36-2)13-5-20)29(38-26)32-23-8-6-21(30)7-9-23/h4-15,26H,3,16-19H2,1-2H3,(H,31,35). The SMILES string of the molecule is CCCOc1ccc(NC(=O)C2CC(=O)N(CCc3ccc(OC)cc3)C(=Nc3ccc(Cl)cc3)S2)cc1. The number of carbonyl (C=O) groups excluding carboxylic acids is 2. The lowest BCUT2D eigenvalue weighted by molar-refractivity contribution is -0.129. The Balaban J connectivity index is 1.48. The summed E-state index contributed by atoms with van der Waals surface area (Å²) < 4.78 is 10.8. The number of thioether (sulfide) groups is 1. The van der Waals surface area contributed by atoms with Crippen LogP contribution >= 0.6 is 23.4 Å². The van der Waals surface area contributed by atoms with Gasteiger partial charge in [0.1, 0.15) is 16.7 Å². The van der Waals surface area contributed by atoms with Crippen molar-refractivity contribution in [2.45, 2.75) is 31.4 Å². The molecule has 1 fully saturated rings. The lowest BCUT2D eigenvalue weighted by atomic mass is 10.1. The van der Waals surface area contributed by atoms with Gasteiger partial charge in [-0.15, -0.1) is 0 Å². The van der Waals surface area contributed by atoms with E-state index in [1.54, 1.807) is 48.4 Å². The van der Waals surface area contributed by atoms with Crippen molar-refractivity contribution in [3.8, 4) is 11.5 Å². The molecule has 1 saturated heterocycles. The number of benzene rings is 3. The third-order valence-corrected chi connectivity index (χ3v) is 7.30. The Morgan fingerprint density at radius 2 is 1.74 bits per heavy atom. The highest BCUT2D eigenvalue weighted by atomic mass is 35.5. The number of methoxy groups -OCH3 is 1. The molecule has 1 unspecified atom stereocenters. The molecule has 0 saturated carbocycles. The van der Waals surface area contributed by atoms with Gasteiger partial charge in [0.25, 0.3) is 0 Å². The maximum absolute atomic E-state index is 13.3. The predicted molar refractivity (Wildman–Crippen MR) is 154 cm³/mol. The summed E-state index contributed by atoms with van der Waals surface area (Å²) in [6, 6.07) is 22.0. The first-order chi connectivity index (χ1) is 18.4. The lowest BCUT2D eigenvalue weighted by Gasteiger charge is -2.32. The Labute approximate surface area is 232 Å². The Morgan fingerprint density at radius 3 is 2.39 bits per heavy atom. The van der Waals surface area contributed by atoms with E-state index >= 15 is 0 Å². The van der Waals surface area contributed by atoms with Crippen molar-refractivity contribution >= 4 is 51.7 Å². The summed E-state index contributed by atoms with van der Waals surface area (Å²) in [4.78, 5) is 32.8. The van der Waals surface area contributed by atoms with Crippen LogP contribution in [0.2, 0.25) is 5.02 Å². The summed E-state index contributed by atoms with van der Waals surface area (Å²) in [5.41, 5.74) is 2.37. The molecule has 1 aliphatic rings. The molecule has 3 aromatic carbocycles. The quantitative estimate of drug-likeness (QED) is 0.318. The summed E-state index contributed by atoms with van der Waals surface area (Å²) >= 11 is 7.32. The van der Waals surface area contributed by atoms with Crippen molar-refractivity contribution in [1.82, 2.24) is 4.90 Å². The number of anilines is 1. The van der Waals surface area contributed by atoms with Crippen LogP contribution in [0.1, 0.15) is 25.3 Å². The van der Waals surface area contributed by atoms with Crippen LogP contribution in [0, 0.1) is 0 Å². The molecule has 9 heteroatoms. The van der Waals surface area contributed by atoms with Gasteiger partial charge in [0.05, 0.1) is 19.4 Å². The molecular formula is C29H30ClN3O4S. The molecule has 38 heavy (non-hydrogen) atoms. The predicted octanol–water partition coefficient (Wildman–Crippen LogP) is 6.34. The number of nitrogens with one attached hydrogen (secondary N) is 1. The Morgan fingerprint density at radius 1 is 1.05 bits per heavy atom. The average Bonchev–Trinajstić information content (AvgIpc) is 2.93.